The summed E-state index contributed by atoms with van der Waals surface area (Å²) in [6, 6.07) is 25.6. The van der Waals surface area contributed by atoms with Crippen molar-refractivity contribution in [3.63, 3.8) is 0 Å². The molecular weight excluding hydrogens is 550 g/mol. The lowest BCUT2D eigenvalue weighted by Crippen LogP contribution is -2.14. The molecule has 0 unspecified atom stereocenters. The van der Waals surface area contributed by atoms with Crippen LogP contribution in [0.4, 0.5) is 0 Å². The third kappa shape index (κ3) is 5.90. The van der Waals surface area contributed by atoms with Gasteiger partial charge in [-0.3, -0.25) is 9.59 Å². The van der Waals surface area contributed by atoms with E-state index in [0.717, 1.165) is 28.7 Å². The van der Waals surface area contributed by atoms with E-state index < -0.39 is 36.3 Å². The number of ketones is 1. The molecule has 0 spiro atoms. The Labute approximate surface area is 269 Å². The van der Waals surface area contributed by atoms with Gasteiger partial charge in [0.2, 0.25) is 0 Å². The summed E-state index contributed by atoms with van der Waals surface area (Å²) < 4.78 is 77.7. The molecule has 0 N–H and O–H groups in total. The molecule has 0 bridgehead atoms. The number of aromatic nitrogens is 1. The maximum absolute atomic E-state index is 12.8. The van der Waals surface area contributed by atoms with Gasteiger partial charge in [-0.15, -0.1) is 0 Å². The lowest BCUT2D eigenvalue weighted by Gasteiger charge is -2.17. The standard InChI is InChI=1S/C19H13NO.C14H10O.C6H5Cl/c21-19-15-10-4-6-12-17(15)20(14-8-2-1-3-9-14)18-13-7-5-11-16(18)19;15-14-12-7-3-1-5-10(12)9-11-6-2-4-8-13(11)14;7-6-4-2-1-3-5-6/h1-13H;1-8H,9H2;1-5H/i1D,2D,3D,8D,9D;;1D,2D,3D,4D,5D. The second-order valence-corrected chi connectivity index (χ2v) is 9.81. The number of carbonyl (C=O) groups excluding carboxylic acids is 1. The summed E-state index contributed by atoms with van der Waals surface area (Å²) in [6.45, 7) is 0. The number of pyridine rings is 1. The first kappa shape index (κ1) is 18.3. The van der Waals surface area contributed by atoms with Crippen LogP contribution in [0.3, 0.4) is 0 Å². The Morgan fingerprint density at radius 3 is 1.53 bits per heavy atom. The zero-order chi connectivity index (χ0) is 38.3. The van der Waals surface area contributed by atoms with Gasteiger partial charge in [-0.2, -0.15) is 0 Å². The smallest absolute Gasteiger partial charge is 0.197 e. The first-order chi connectivity index (χ1) is 25.3. The highest BCUT2D eigenvalue weighted by Gasteiger charge is 2.21. The lowest BCUT2D eigenvalue weighted by molar-refractivity contribution is 0.103. The number of rotatable bonds is 1. The number of halogens is 1. The Morgan fingerprint density at radius 1 is 0.558 bits per heavy atom. The van der Waals surface area contributed by atoms with Gasteiger partial charge < -0.3 is 4.57 Å². The van der Waals surface area contributed by atoms with E-state index in [0.29, 0.717) is 21.8 Å². The second-order valence-electron chi connectivity index (χ2n) is 9.43. The Balaban J connectivity index is 0.000000150. The van der Waals surface area contributed by atoms with E-state index in [-0.39, 0.29) is 46.1 Å². The molecule has 1 aromatic heterocycles. The molecular formula is C39H28ClNO2. The van der Waals surface area contributed by atoms with Crippen LogP contribution < -0.4 is 5.43 Å². The van der Waals surface area contributed by atoms with Gasteiger partial charge in [0.05, 0.1) is 24.7 Å². The number of hydrogen-bond donors (Lipinski definition) is 0. The molecule has 1 aliphatic carbocycles. The van der Waals surface area contributed by atoms with E-state index >= 15 is 0 Å². The number of hydrogen-bond acceptors (Lipinski definition) is 2. The Kier molecular flexibility index (Phi) is 5.42. The zero-order valence-electron chi connectivity index (χ0n) is 32.6. The third-order valence-electron chi connectivity index (χ3n) is 6.86. The Morgan fingerprint density at radius 2 is 1.00 bits per heavy atom. The SMILES string of the molecule is O=C1c2ccccc2Cc2ccccc21.[2H]c1c([2H])c([2H])c(-n2c3ccccc3c(=O)c3ccccc32)c([2H])c1[2H].[2H]c1c([2H])c([2H])c(Cl)c([2H])c1[2H]. The largest absolute Gasteiger partial charge is 0.309 e. The molecule has 0 amide bonds. The molecule has 0 fully saturated rings. The summed E-state index contributed by atoms with van der Waals surface area (Å²) >= 11 is 5.46. The van der Waals surface area contributed by atoms with E-state index in [9.17, 15) is 9.59 Å². The fourth-order valence-corrected chi connectivity index (χ4v) is 5.06. The molecule has 0 aliphatic heterocycles. The maximum Gasteiger partial charge on any atom is 0.197 e. The first-order valence-corrected chi connectivity index (χ1v) is 13.7. The van der Waals surface area contributed by atoms with Crippen LogP contribution in [0.5, 0.6) is 0 Å². The van der Waals surface area contributed by atoms with Gasteiger partial charge in [-0.05, 0) is 66.0 Å². The van der Waals surface area contributed by atoms with Gasteiger partial charge in [-0.25, -0.2) is 0 Å². The van der Waals surface area contributed by atoms with Gasteiger partial charge >= 0.3 is 0 Å². The highest BCUT2D eigenvalue weighted by atomic mass is 35.5. The summed E-state index contributed by atoms with van der Waals surface area (Å²) in [5, 5.41) is 0.622. The lowest BCUT2D eigenvalue weighted by atomic mass is 9.85. The molecule has 1 aliphatic rings. The van der Waals surface area contributed by atoms with Crippen molar-refractivity contribution in [3.8, 4) is 5.69 Å². The molecule has 0 saturated carbocycles. The average molecular weight is 588 g/mol. The fraction of sp³-hybridized carbons (Fsp3) is 0.0256. The van der Waals surface area contributed by atoms with Gasteiger partial charge in [0.25, 0.3) is 0 Å². The van der Waals surface area contributed by atoms with Crippen LogP contribution in [0.15, 0.2) is 162 Å². The molecule has 3 nitrogen and oxygen atoms in total. The van der Waals surface area contributed by atoms with Crippen molar-refractivity contribution in [1.82, 2.24) is 4.57 Å². The van der Waals surface area contributed by atoms with Gasteiger partial charge in [0, 0.05) is 32.6 Å². The van der Waals surface area contributed by atoms with Crippen LogP contribution in [-0.4, -0.2) is 10.4 Å². The minimum atomic E-state index is -0.446. The summed E-state index contributed by atoms with van der Waals surface area (Å²) in [5.74, 6) is 0.160. The predicted octanol–water partition coefficient (Wildman–Crippen LogP) is 9.31. The quantitative estimate of drug-likeness (QED) is 0.179. The molecule has 7 aromatic rings. The summed E-state index contributed by atoms with van der Waals surface area (Å²) in [6.07, 6.45) is 0.873. The zero-order valence-corrected chi connectivity index (χ0v) is 23.3. The van der Waals surface area contributed by atoms with Gasteiger partial charge in [-0.1, -0.05) is 121 Å². The third-order valence-corrected chi connectivity index (χ3v) is 7.05. The molecule has 0 atom stereocenters. The first-order valence-electron chi connectivity index (χ1n) is 18.3. The van der Waals surface area contributed by atoms with E-state index in [4.69, 9.17) is 25.3 Å². The number of para-hydroxylation sites is 3. The Hall–Kier alpha value is -5.25. The summed E-state index contributed by atoms with van der Waals surface area (Å²) in [4.78, 5) is 24.9. The van der Waals surface area contributed by atoms with Crippen LogP contribution in [0.2, 0.25) is 5.02 Å². The van der Waals surface area contributed by atoms with Crippen LogP contribution >= 0.6 is 11.6 Å². The minimum absolute atomic E-state index is 0.0309. The monoisotopic (exact) mass is 587 g/mol. The van der Waals surface area contributed by atoms with Crippen LogP contribution in [0.25, 0.3) is 27.5 Å². The van der Waals surface area contributed by atoms with E-state index in [1.807, 2.05) is 48.5 Å². The fourth-order valence-electron chi connectivity index (χ4n) is 4.97. The highest BCUT2D eigenvalue weighted by molar-refractivity contribution is 6.30. The van der Waals surface area contributed by atoms with Gasteiger partial charge in [0.15, 0.2) is 11.2 Å². The topological polar surface area (TPSA) is 39.1 Å². The van der Waals surface area contributed by atoms with Crippen molar-refractivity contribution in [1.29, 1.82) is 0 Å². The molecule has 43 heavy (non-hydrogen) atoms. The van der Waals surface area contributed by atoms with E-state index in [1.165, 1.54) is 0 Å². The minimum Gasteiger partial charge on any atom is -0.309 e. The number of carbonyl (C=O) groups is 1. The van der Waals surface area contributed by atoms with Crippen molar-refractivity contribution in [3.05, 3.63) is 195 Å². The van der Waals surface area contributed by atoms with Crippen molar-refractivity contribution in [2.45, 2.75) is 6.42 Å². The average Bonchev–Trinajstić information content (AvgIpc) is 3.19. The number of nitrogens with zero attached hydrogens (tertiary/aromatic N) is 1. The molecule has 4 heteroatoms. The second kappa shape index (κ2) is 12.7. The van der Waals surface area contributed by atoms with Crippen LogP contribution in [0.1, 0.15) is 40.8 Å². The van der Waals surface area contributed by atoms with Crippen LogP contribution in [0, 0.1) is 0 Å². The highest BCUT2D eigenvalue weighted by Crippen LogP contribution is 2.26. The normalized spacial score (nSPS) is 14.7. The Bertz CT molecular complexity index is 2440. The van der Waals surface area contributed by atoms with Crippen molar-refractivity contribution in [2.75, 3.05) is 0 Å². The van der Waals surface area contributed by atoms with E-state index in [2.05, 4.69) is 0 Å². The molecule has 6 aromatic carbocycles. The molecule has 1 heterocycles. The van der Waals surface area contributed by atoms with Crippen molar-refractivity contribution in [2.24, 2.45) is 0 Å². The molecule has 208 valence electrons. The number of benzene rings is 6. The van der Waals surface area contributed by atoms with Crippen LogP contribution in [-0.2, 0) is 6.42 Å². The van der Waals surface area contributed by atoms with E-state index in [1.54, 1.807) is 53.1 Å². The summed E-state index contributed by atoms with van der Waals surface area (Å²) in [5.41, 5.74) is 4.86. The summed E-state index contributed by atoms with van der Waals surface area (Å²) in [7, 11) is 0. The van der Waals surface area contributed by atoms with Crippen molar-refractivity contribution < 1.29 is 18.5 Å². The van der Waals surface area contributed by atoms with Gasteiger partial charge in [0.1, 0.15) is 0 Å². The maximum atomic E-state index is 12.8. The van der Waals surface area contributed by atoms with Crippen molar-refractivity contribution >= 4 is 39.2 Å². The molecule has 0 radical (unpaired) electrons. The molecule has 8 rings (SSSR count). The molecule has 0 saturated heterocycles. The number of fused-ring (bicyclic) bond motifs is 4. The predicted molar refractivity (Wildman–Crippen MR) is 178 cm³/mol.